The molecule has 29 heavy (non-hydrogen) atoms. The highest BCUT2D eigenvalue weighted by atomic mass is 16.5. The van der Waals surface area contributed by atoms with Gasteiger partial charge in [-0.2, -0.15) is 10.4 Å². The van der Waals surface area contributed by atoms with Crippen LogP contribution in [0.15, 0.2) is 36.7 Å². The minimum absolute atomic E-state index is 0.244. The van der Waals surface area contributed by atoms with Gasteiger partial charge in [-0.05, 0) is 12.1 Å². The Hall–Kier alpha value is -3.90. The average molecular weight is 393 g/mol. The van der Waals surface area contributed by atoms with Crippen LogP contribution in [0.4, 0.5) is 5.82 Å². The van der Waals surface area contributed by atoms with Crippen molar-refractivity contribution in [3.63, 3.8) is 0 Å². The summed E-state index contributed by atoms with van der Waals surface area (Å²) in [7, 11) is 1.62. The lowest BCUT2D eigenvalue weighted by atomic mass is 9.94. The van der Waals surface area contributed by atoms with Gasteiger partial charge in [0.15, 0.2) is 0 Å². The number of hydrogen-bond donors (Lipinski definition) is 2. The number of para-hydroxylation sites is 2. The van der Waals surface area contributed by atoms with Gasteiger partial charge < -0.3 is 20.3 Å². The Morgan fingerprint density at radius 3 is 2.90 bits per heavy atom. The molecule has 0 unspecified atom stereocenters. The Morgan fingerprint density at radius 1 is 1.41 bits per heavy atom. The van der Waals surface area contributed by atoms with Crippen LogP contribution in [0, 0.1) is 11.3 Å². The quantitative estimate of drug-likeness (QED) is 0.646. The van der Waals surface area contributed by atoms with E-state index in [2.05, 4.69) is 16.2 Å². The Balaban J connectivity index is 0.000000755. The molecule has 1 aliphatic rings. The number of fused-ring (bicyclic) bond motifs is 1. The van der Waals surface area contributed by atoms with Crippen molar-refractivity contribution in [2.24, 2.45) is 0 Å². The summed E-state index contributed by atoms with van der Waals surface area (Å²) < 4.78 is 12.7. The molecular formula is C20H19N5O4. The van der Waals surface area contributed by atoms with Gasteiger partial charge in [-0.25, -0.2) is 9.67 Å². The molecule has 3 N–H and O–H groups in total. The number of pyridine rings is 1. The molecule has 0 atom stereocenters. The maximum absolute atomic E-state index is 9.61. The fourth-order valence-corrected chi connectivity index (χ4v) is 3.23. The topological polar surface area (TPSA) is 136 Å². The largest absolute Gasteiger partial charge is 0.494 e. The number of nitrogen functional groups attached to an aromatic ring is 1. The maximum Gasteiger partial charge on any atom is 0.290 e. The second-order valence-electron chi connectivity index (χ2n) is 6.04. The highest BCUT2D eigenvalue weighted by Gasteiger charge is 2.23. The van der Waals surface area contributed by atoms with Gasteiger partial charge >= 0.3 is 0 Å². The van der Waals surface area contributed by atoms with Crippen molar-refractivity contribution in [2.75, 3.05) is 19.5 Å². The van der Waals surface area contributed by atoms with E-state index >= 15 is 0 Å². The number of nitriles is 1. The van der Waals surface area contributed by atoms with Crippen molar-refractivity contribution in [3.05, 3.63) is 53.5 Å². The number of ether oxygens (including phenoxy) is 2. The van der Waals surface area contributed by atoms with Crippen molar-refractivity contribution >= 4 is 12.3 Å². The first-order chi connectivity index (χ1) is 14.1. The predicted octanol–water partition coefficient (Wildman–Crippen LogP) is 2.17. The van der Waals surface area contributed by atoms with Crippen LogP contribution >= 0.6 is 0 Å². The van der Waals surface area contributed by atoms with Crippen LogP contribution in [0.5, 0.6) is 5.75 Å². The van der Waals surface area contributed by atoms with E-state index in [9.17, 15) is 5.26 Å². The van der Waals surface area contributed by atoms with Crippen molar-refractivity contribution in [1.29, 1.82) is 5.26 Å². The molecule has 0 fully saturated rings. The zero-order chi connectivity index (χ0) is 20.8. The molecule has 1 aromatic carbocycles. The lowest BCUT2D eigenvalue weighted by Gasteiger charge is -2.20. The molecule has 9 nitrogen and oxygen atoms in total. The molecule has 0 radical (unpaired) electrons. The van der Waals surface area contributed by atoms with Crippen molar-refractivity contribution in [1.82, 2.24) is 14.8 Å². The fourth-order valence-electron chi connectivity index (χ4n) is 3.23. The van der Waals surface area contributed by atoms with Gasteiger partial charge in [0.25, 0.3) is 6.47 Å². The second kappa shape index (κ2) is 8.86. The number of carboxylic acid groups (broad SMARTS) is 1. The zero-order valence-electron chi connectivity index (χ0n) is 15.7. The first kappa shape index (κ1) is 19.9. The highest BCUT2D eigenvalue weighted by Crippen LogP contribution is 2.35. The first-order valence-electron chi connectivity index (χ1n) is 8.69. The second-order valence-corrected chi connectivity index (χ2v) is 6.04. The minimum Gasteiger partial charge on any atom is -0.494 e. The zero-order valence-corrected chi connectivity index (χ0v) is 15.7. The number of anilines is 1. The smallest absolute Gasteiger partial charge is 0.290 e. The molecular weight excluding hydrogens is 374 g/mol. The minimum atomic E-state index is -0.250. The van der Waals surface area contributed by atoms with E-state index in [1.807, 2.05) is 30.5 Å². The van der Waals surface area contributed by atoms with Gasteiger partial charge in [-0.15, -0.1) is 0 Å². The molecule has 3 aromatic rings. The van der Waals surface area contributed by atoms with Crippen LogP contribution in [0.3, 0.4) is 0 Å². The Morgan fingerprint density at radius 2 is 2.17 bits per heavy atom. The molecule has 0 amide bonds. The number of carbonyl (C=O) groups is 1. The molecule has 0 saturated carbocycles. The lowest BCUT2D eigenvalue weighted by Crippen LogP contribution is -2.15. The number of methoxy groups -OCH3 is 1. The van der Waals surface area contributed by atoms with Crippen LogP contribution in [0.1, 0.15) is 16.8 Å². The third-order valence-corrected chi connectivity index (χ3v) is 4.46. The summed E-state index contributed by atoms with van der Waals surface area (Å²) in [6.45, 7) is 0.762. The Labute approximate surface area is 166 Å². The molecule has 1 aliphatic heterocycles. The van der Waals surface area contributed by atoms with Gasteiger partial charge in [0.2, 0.25) is 0 Å². The number of benzene rings is 1. The van der Waals surface area contributed by atoms with Crippen LogP contribution in [0.25, 0.3) is 16.8 Å². The summed E-state index contributed by atoms with van der Waals surface area (Å²) in [5.74, 6) is 0.954. The summed E-state index contributed by atoms with van der Waals surface area (Å²) >= 11 is 0. The van der Waals surface area contributed by atoms with Crippen molar-refractivity contribution in [3.8, 4) is 28.6 Å². The molecule has 0 saturated heterocycles. The van der Waals surface area contributed by atoms with Crippen LogP contribution in [-0.4, -0.2) is 40.1 Å². The van der Waals surface area contributed by atoms with Gasteiger partial charge in [0.05, 0.1) is 32.2 Å². The highest BCUT2D eigenvalue weighted by molar-refractivity contribution is 5.78. The summed E-state index contributed by atoms with van der Waals surface area (Å²) in [5, 5.41) is 20.9. The van der Waals surface area contributed by atoms with Crippen molar-refractivity contribution in [2.45, 2.75) is 13.0 Å². The fraction of sp³-hybridized carbons (Fsp3) is 0.200. The average Bonchev–Trinajstić information content (AvgIpc) is 3.23. The molecule has 0 aliphatic carbocycles. The van der Waals surface area contributed by atoms with Crippen LogP contribution in [0.2, 0.25) is 0 Å². The standard InChI is InChI=1S/C19H17N5O2.CH2O2/c1-25-17-5-3-2-4-16(17)24-10-12(9-22-24)18-13(8-20)19(21)23-15-6-7-26-11-14(15)18;2-1-3/h2-5,9-10H,6-7,11H2,1H3,(H2,21,23);1H,(H,2,3). The molecule has 4 rings (SSSR count). The van der Waals surface area contributed by atoms with E-state index in [1.165, 1.54) is 0 Å². The van der Waals surface area contributed by atoms with E-state index in [4.69, 9.17) is 25.1 Å². The Bertz CT molecular complexity index is 1070. The van der Waals surface area contributed by atoms with E-state index in [0.29, 0.717) is 30.9 Å². The summed E-state index contributed by atoms with van der Waals surface area (Å²) in [5.41, 5.74) is 10.5. The van der Waals surface area contributed by atoms with Crippen LogP contribution < -0.4 is 10.5 Å². The molecule has 0 bridgehead atoms. The number of hydrogen-bond acceptors (Lipinski definition) is 7. The lowest BCUT2D eigenvalue weighted by molar-refractivity contribution is -0.122. The number of rotatable bonds is 3. The van der Waals surface area contributed by atoms with E-state index in [1.54, 1.807) is 18.0 Å². The van der Waals surface area contributed by atoms with Gasteiger partial charge in [0.1, 0.15) is 28.9 Å². The molecule has 148 valence electrons. The molecule has 2 aromatic heterocycles. The summed E-state index contributed by atoms with van der Waals surface area (Å²) in [4.78, 5) is 12.8. The molecule has 3 heterocycles. The van der Waals surface area contributed by atoms with Crippen LogP contribution in [-0.2, 0) is 22.6 Å². The Kier molecular flexibility index (Phi) is 6.06. The summed E-state index contributed by atoms with van der Waals surface area (Å²) in [6, 6.07) is 9.79. The predicted molar refractivity (Wildman–Crippen MR) is 105 cm³/mol. The van der Waals surface area contributed by atoms with E-state index in [-0.39, 0.29) is 12.3 Å². The van der Waals surface area contributed by atoms with Gasteiger partial charge in [-0.3, -0.25) is 4.79 Å². The monoisotopic (exact) mass is 393 g/mol. The molecule has 9 heteroatoms. The number of aromatic nitrogens is 3. The normalized spacial score (nSPS) is 12.1. The van der Waals surface area contributed by atoms with Crippen molar-refractivity contribution < 1.29 is 19.4 Å². The summed E-state index contributed by atoms with van der Waals surface area (Å²) in [6.07, 6.45) is 4.26. The molecule has 0 spiro atoms. The van der Waals surface area contributed by atoms with Gasteiger partial charge in [0, 0.05) is 29.3 Å². The van der Waals surface area contributed by atoms with Gasteiger partial charge in [-0.1, -0.05) is 12.1 Å². The third kappa shape index (κ3) is 3.88. The van der Waals surface area contributed by atoms with E-state index < -0.39 is 0 Å². The SMILES string of the molecule is COc1ccccc1-n1cc(-c2c(C#N)c(N)nc3c2COCC3)cn1.O=CO. The maximum atomic E-state index is 9.61. The van der Waals surface area contributed by atoms with E-state index in [0.717, 1.165) is 28.1 Å². The third-order valence-electron chi connectivity index (χ3n) is 4.46. The number of nitrogens with two attached hydrogens (primary N) is 1. The number of nitrogens with zero attached hydrogens (tertiary/aromatic N) is 4. The first-order valence-corrected chi connectivity index (χ1v) is 8.69.